The van der Waals surface area contributed by atoms with Gasteiger partial charge in [0.2, 0.25) is 0 Å². The van der Waals surface area contributed by atoms with E-state index in [0.29, 0.717) is 19.6 Å². The minimum absolute atomic E-state index is 0.177. The zero-order valence-corrected chi connectivity index (χ0v) is 11.0. The van der Waals surface area contributed by atoms with E-state index in [1.54, 1.807) is 11.8 Å². The molecule has 2 atom stereocenters. The van der Waals surface area contributed by atoms with Crippen LogP contribution in [0, 0.1) is 5.92 Å². The molecular weight excluding hydrogens is 236 g/mol. The van der Waals surface area contributed by atoms with Crippen molar-refractivity contribution in [1.82, 2.24) is 9.80 Å². The van der Waals surface area contributed by atoms with Crippen molar-refractivity contribution in [2.45, 2.75) is 32.8 Å². The van der Waals surface area contributed by atoms with Crippen LogP contribution in [0.15, 0.2) is 0 Å². The van der Waals surface area contributed by atoms with Gasteiger partial charge < -0.3 is 20.0 Å². The van der Waals surface area contributed by atoms with E-state index in [9.17, 15) is 14.7 Å². The number of carboxylic acid groups (broad SMARTS) is 1. The molecule has 0 aromatic rings. The first kappa shape index (κ1) is 14.8. The molecule has 0 aromatic heterocycles. The molecule has 2 N–H and O–H groups in total. The van der Waals surface area contributed by atoms with Gasteiger partial charge in [-0.3, -0.25) is 4.79 Å². The summed E-state index contributed by atoms with van der Waals surface area (Å²) in [5, 5.41) is 18.4. The van der Waals surface area contributed by atoms with Gasteiger partial charge >= 0.3 is 12.0 Å². The average molecular weight is 258 g/mol. The number of aliphatic carboxylic acids is 1. The molecule has 0 aromatic carbocycles. The zero-order chi connectivity index (χ0) is 13.7. The molecule has 0 saturated carbocycles. The third-order valence-corrected chi connectivity index (χ3v) is 3.24. The summed E-state index contributed by atoms with van der Waals surface area (Å²) in [6.07, 6.45) is 1.05. The molecule has 0 spiro atoms. The minimum atomic E-state index is -0.903. The largest absolute Gasteiger partial charge is 0.481 e. The van der Waals surface area contributed by atoms with E-state index in [2.05, 4.69) is 0 Å². The molecule has 0 aliphatic carbocycles. The highest BCUT2D eigenvalue weighted by Gasteiger charge is 2.27. The van der Waals surface area contributed by atoms with Gasteiger partial charge in [0.15, 0.2) is 0 Å². The molecule has 1 fully saturated rings. The summed E-state index contributed by atoms with van der Waals surface area (Å²) in [6, 6.07) is -0.177. The number of hydrogen-bond donors (Lipinski definition) is 2. The lowest BCUT2D eigenvalue weighted by Crippen LogP contribution is -2.50. The van der Waals surface area contributed by atoms with E-state index in [-0.39, 0.29) is 12.6 Å². The Labute approximate surface area is 107 Å². The van der Waals surface area contributed by atoms with Crippen LogP contribution < -0.4 is 0 Å². The van der Waals surface area contributed by atoms with Crippen LogP contribution in [0.2, 0.25) is 0 Å². The van der Waals surface area contributed by atoms with Crippen molar-refractivity contribution in [2.75, 3.05) is 26.2 Å². The van der Waals surface area contributed by atoms with Crippen molar-refractivity contribution in [3.63, 3.8) is 0 Å². The van der Waals surface area contributed by atoms with Gasteiger partial charge in [0, 0.05) is 26.2 Å². The maximum absolute atomic E-state index is 12.2. The van der Waals surface area contributed by atoms with Gasteiger partial charge in [-0.05, 0) is 19.8 Å². The number of nitrogens with zero attached hydrogens (tertiary/aromatic N) is 2. The molecule has 1 saturated heterocycles. The Morgan fingerprint density at radius 1 is 1.50 bits per heavy atom. The van der Waals surface area contributed by atoms with E-state index >= 15 is 0 Å². The highest BCUT2D eigenvalue weighted by atomic mass is 16.4. The molecule has 6 heteroatoms. The van der Waals surface area contributed by atoms with Gasteiger partial charge in [0.25, 0.3) is 0 Å². The van der Waals surface area contributed by atoms with Crippen LogP contribution in [0.25, 0.3) is 0 Å². The minimum Gasteiger partial charge on any atom is -0.481 e. The van der Waals surface area contributed by atoms with Crippen LogP contribution in [0.4, 0.5) is 4.79 Å². The maximum atomic E-state index is 12.2. The molecule has 1 heterocycles. The second kappa shape index (κ2) is 6.58. The number of rotatable bonds is 4. The van der Waals surface area contributed by atoms with Crippen molar-refractivity contribution in [3.05, 3.63) is 0 Å². The quantitative estimate of drug-likeness (QED) is 0.774. The third kappa shape index (κ3) is 3.87. The monoisotopic (exact) mass is 258 g/mol. The number of carbonyl (C=O) groups excluding carboxylic acids is 1. The van der Waals surface area contributed by atoms with Crippen LogP contribution >= 0.6 is 0 Å². The first-order valence-corrected chi connectivity index (χ1v) is 6.40. The molecule has 0 radical (unpaired) electrons. The van der Waals surface area contributed by atoms with Gasteiger partial charge in [0.1, 0.15) is 0 Å². The van der Waals surface area contributed by atoms with Crippen molar-refractivity contribution in [1.29, 1.82) is 0 Å². The van der Waals surface area contributed by atoms with E-state index < -0.39 is 18.0 Å². The number of carbonyl (C=O) groups is 2. The topological polar surface area (TPSA) is 81.1 Å². The van der Waals surface area contributed by atoms with Crippen molar-refractivity contribution in [2.24, 2.45) is 5.92 Å². The first-order chi connectivity index (χ1) is 8.45. The Hall–Kier alpha value is -1.30. The number of piperidine rings is 1. The second-order valence-electron chi connectivity index (χ2n) is 4.80. The number of aliphatic hydroxyl groups is 1. The van der Waals surface area contributed by atoms with Crippen LogP contribution in [0.5, 0.6) is 0 Å². The second-order valence-corrected chi connectivity index (χ2v) is 4.80. The Bertz CT molecular complexity index is 308. The fourth-order valence-corrected chi connectivity index (χ4v) is 2.08. The summed E-state index contributed by atoms with van der Waals surface area (Å²) in [6.45, 7) is 5.07. The SMILES string of the molecule is CCN(CC(C)C(=O)O)C(=O)N1CCCC(O)C1. The molecular formula is C12H22N2O4. The number of hydrogen-bond acceptors (Lipinski definition) is 3. The molecule has 1 rings (SSSR count). The predicted octanol–water partition coefficient (Wildman–Crippen LogP) is 0.606. The van der Waals surface area contributed by atoms with E-state index in [1.807, 2.05) is 6.92 Å². The molecule has 2 unspecified atom stereocenters. The number of β-amino-alcohol motifs (C(OH)–C–C–N with tert-alkyl or cyclic N) is 1. The summed E-state index contributed by atoms with van der Waals surface area (Å²) in [7, 11) is 0. The first-order valence-electron chi connectivity index (χ1n) is 6.40. The van der Waals surface area contributed by atoms with E-state index in [0.717, 1.165) is 12.8 Å². The maximum Gasteiger partial charge on any atom is 0.320 e. The normalized spacial score (nSPS) is 21.5. The fourth-order valence-electron chi connectivity index (χ4n) is 2.08. The highest BCUT2D eigenvalue weighted by molar-refractivity contribution is 5.76. The lowest BCUT2D eigenvalue weighted by Gasteiger charge is -2.35. The average Bonchev–Trinajstić information content (AvgIpc) is 2.34. The Morgan fingerprint density at radius 3 is 2.67 bits per heavy atom. The molecule has 2 amide bonds. The third-order valence-electron chi connectivity index (χ3n) is 3.24. The van der Waals surface area contributed by atoms with Gasteiger partial charge in [-0.15, -0.1) is 0 Å². The van der Waals surface area contributed by atoms with Gasteiger partial charge in [0.05, 0.1) is 12.0 Å². The summed E-state index contributed by atoms with van der Waals surface area (Å²) >= 11 is 0. The molecule has 6 nitrogen and oxygen atoms in total. The lowest BCUT2D eigenvalue weighted by atomic mass is 10.1. The highest BCUT2D eigenvalue weighted by Crippen LogP contribution is 2.13. The summed E-state index contributed by atoms with van der Waals surface area (Å²) in [5.74, 6) is -1.48. The Balaban J connectivity index is 2.58. The number of aliphatic hydroxyl groups excluding tert-OH is 1. The number of carboxylic acids is 1. The molecule has 0 bridgehead atoms. The number of likely N-dealkylation sites (tertiary alicyclic amines) is 1. The number of urea groups is 1. The molecule has 18 heavy (non-hydrogen) atoms. The standard InChI is InChI=1S/C12H22N2O4/c1-3-13(7-9(2)11(16)17)12(18)14-6-4-5-10(15)8-14/h9-10,15H,3-8H2,1-2H3,(H,16,17). The summed E-state index contributed by atoms with van der Waals surface area (Å²) in [5.41, 5.74) is 0. The van der Waals surface area contributed by atoms with Gasteiger partial charge in [-0.2, -0.15) is 0 Å². The van der Waals surface area contributed by atoms with Crippen LogP contribution in [-0.2, 0) is 4.79 Å². The fraction of sp³-hybridized carbons (Fsp3) is 0.833. The van der Waals surface area contributed by atoms with Crippen molar-refractivity contribution >= 4 is 12.0 Å². The number of amides is 2. The molecule has 1 aliphatic heterocycles. The van der Waals surface area contributed by atoms with Crippen molar-refractivity contribution in [3.8, 4) is 0 Å². The lowest BCUT2D eigenvalue weighted by molar-refractivity contribution is -0.141. The summed E-state index contributed by atoms with van der Waals surface area (Å²) in [4.78, 5) is 26.1. The van der Waals surface area contributed by atoms with E-state index in [1.165, 1.54) is 4.90 Å². The smallest absolute Gasteiger partial charge is 0.320 e. The Kier molecular flexibility index (Phi) is 5.40. The Morgan fingerprint density at radius 2 is 2.17 bits per heavy atom. The van der Waals surface area contributed by atoms with E-state index in [4.69, 9.17) is 5.11 Å². The van der Waals surface area contributed by atoms with Crippen LogP contribution in [-0.4, -0.2) is 64.3 Å². The zero-order valence-electron chi connectivity index (χ0n) is 11.0. The van der Waals surface area contributed by atoms with Crippen molar-refractivity contribution < 1.29 is 19.8 Å². The van der Waals surface area contributed by atoms with Crippen LogP contribution in [0.1, 0.15) is 26.7 Å². The van der Waals surface area contributed by atoms with Gasteiger partial charge in [-0.25, -0.2) is 4.79 Å². The molecule has 1 aliphatic rings. The summed E-state index contributed by atoms with van der Waals surface area (Å²) < 4.78 is 0. The predicted molar refractivity (Wildman–Crippen MR) is 66.3 cm³/mol. The van der Waals surface area contributed by atoms with Crippen LogP contribution in [0.3, 0.4) is 0 Å². The molecule has 104 valence electrons. The van der Waals surface area contributed by atoms with Gasteiger partial charge in [-0.1, -0.05) is 6.92 Å².